The van der Waals surface area contributed by atoms with Gasteiger partial charge in [-0.3, -0.25) is 4.79 Å². The quantitative estimate of drug-likeness (QED) is 0.828. The predicted octanol–water partition coefficient (Wildman–Crippen LogP) is 3.21. The molecule has 1 aromatic carbocycles. The molecule has 2 aromatic rings. The molecule has 0 amide bonds. The van der Waals surface area contributed by atoms with Gasteiger partial charge in [0.15, 0.2) is 0 Å². The Morgan fingerprint density at radius 3 is 2.69 bits per heavy atom. The van der Waals surface area contributed by atoms with Crippen molar-refractivity contribution in [2.45, 2.75) is 31.9 Å². The van der Waals surface area contributed by atoms with E-state index in [1.54, 1.807) is 25.3 Å². The van der Waals surface area contributed by atoms with E-state index in [0.29, 0.717) is 27.1 Å². The van der Waals surface area contributed by atoms with Crippen molar-refractivity contribution in [2.75, 3.05) is 25.1 Å². The molecule has 1 aromatic heterocycles. The Balaban J connectivity index is 2.04. The summed E-state index contributed by atoms with van der Waals surface area (Å²) in [6.45, 7) is 3.82. The third-order valence-corrected chi connectivity index (χ3v) is 5.50. The SMILES string of the molecule is COCc1nc(-c2cccc(Cl)c2Cl)c(=O)[nH]c1N1CCC(C)(N)CC1. The first-order chi connectivity index (χ1) is 12.3. The van der Waals surface area contributed by atoms with Crippen LogP contribution in [0.2, 0.25) is 10.0 Å². The van der Waals surface area contributed by atoms with Crippen LogP contribution in [0.1, 0.15) is 25.5 Å². The molecule has 0 radical (unpaired) electrons. The molecule has 3 rings (SSSR count). The third-order valence-electron chi connectivity index (χ3n) is 4.68. The predicted molar refractivity (Wildman–Crippen MR) is 105 cm³/mol. The lowest BCUT2D eigenvalue weighted by molar-refractivity contribution is 0.181. The van der Waals surface area contributed by atoms with E-state index < -0.39 is 0 Å². The minimum atomic E-state index is -0.315. The van der Waals surface area contributed by atoms with Crippen LogP contribution in [0.15, 0.2) is 23.0 Å². The van der Waals surface area contributed by atoms with Gasteiger partial charge in [-0.15, -0.1) is 0 Å². The van der Waals surface area contributed by atoms with Gasteiger partial charge in [0.25, 0.3) is 5.56 Å². The molecule has 0 aliphatic carbocycles. The van der Waals surface area contributed by atoms with Crippen LogP contribution in [0, 0.1) is 0 Å². The number of methoxy groups -OCH3 is 1. The molecular weight excluding hydrogens is 375 g/mol. The van der Waals surface area contributed by atoms with Crippen LogP contribution in [-0.2, 0) is 11.3 Å². The van der Waals surface area contributed by atoms with Crippen molar-refractivity contribution in [3.63, 3.8) is 0 Å². The molecule has 2 heterocycles. The third kappa shape index (κ3) is 3.88. The van der Waals surface area contributed by atoms with Gasteiger partial charge in [0.2, 0.25) is 0 Å². The molecule has 0 atom stereocenters. The number of hydrogen-bond acceptors (Lipinski definition) is 5. The minimum absolute atomic E-state index is 0.181. The number of anilines is 1. The number of nitrogens with one attached hydrogen (secondary N) is 1. The van der Waals surface area contributed by atoms with E-state index in [1.165, 1.54) is 0 Å². The average Bonchev–Trinajstić information content (AvgIpc) is 2.59. The van der Waals surface area contributed by atoms with E-state index in [2.05, 4.69) is 14.9 Å². The molecular formula is C18H22Cl2N4O2. The van der Waals surface area contributed by atoms with Crippen molar-refractivity contribution < 1.29 is 4.74 Å². The molecule has 1 fully saturated rings. The number of ether oxygens (including phenoxy) is 1. The zero-order valence-electron chi connectivity index (χ0n) is 14.8. The lowest BCUT2D eigenvalue weighted by Crippen LogP contribution is -2.49. The van der Waals surface area contributed by atoms with Gasteiger partial charge in [-0.25, -0.2) is 4.98 Å². The highest BCUT2D eigenvalue weighted by Crippen LogP contribution is 2.32. The highest BCUT2D eigenvalue weighted by atomic mass is 35.5. The fourth-order valence-corrected chi connectivity index (χ4v) is 3.48. The number of rotatable bonds is 4. The maximum atomic E-state index is 12.7. The van der Waals surface area contributed by atoms with Gasteiger partial charge in [0.1, 0.15) is 17.2 Å². The summed E-state index contributed by atoms with van der Waals surface area (Å²) in [4.78, 5) is 22.3. The smallest absolute Gasteiger partial charge is 0.276 e. The topological polar surface area (TPSA) is 84.2 Å². The van der Waals surface area contributed by atoms with Gasteiger partial charge in [0, 0.05) is 31.3 Å². The largest absolute Gasteiger partial charge is 0.378 e. The molecule has 0 unspecified atom stereocenters. The Morgan fingerprint density at radius 1 is 1.35 bits per heavy atom. The van der Waals surface area contributed by atoms with E-state index in [4.69, 9.17) is 33.7 Å². The zero-order valence-corrected chi connectivity index (χ0v) is 16.3. The summed E-state index contributed by atoms with van der Waals surface area (Å²) in [5.41, 5.74) is 7.09. The maximum Gasteiger partial charge on any atom is 0.276 e. The van der Waals surface area contributed by atoms with Crippen LogP contribution < -0.4 is 16.2 Å². The standard InChI is InChI=1S/C18H22Cl2N4O2/c1-18(21)6-8-24(9-7-18)16-13(10-26-2)22-15(17(25)23-16)11-4-3-5-12(19)14(11)20/h3-5H,6-10,21H2,1-2H3,(H,23,25). The zero-order chi connectivity index (χ0) is 18.9. The van der Waals surface area contributed by atoms with Gasteiger partial charge in [-0.1, -0.05) is 35.3 Å². The van der Waals surface area contributed by atoms with Crippen molar-refractivity contribution in [2.24, 2.45) is 5.73 Å². The molecule has 0 spiro atoms. The summed E-state index contributed by atoms with van der Waals surface area (Å²) in [6, 6.07) is 5.13. The van der Waals surface area contributed by atoms with Crippen LogP contribution in [0.25, 0.3) is 11.3 Å². The minimum Gasteiger partial charge on any atom is -0.378 e. The van der Waals surface area contributed by atoms with Gasteiger partial charge in [-0.05, 0) is 25.8 Å². The van der Waals surface area contributed by atoms with Gasteiger partial charge < -0.3 is 20.4 Å². The van der Waals surface area contributed by atoms with E-state index in [-0.39, 0.29) is 23.4 Å². The van der Waals surface area contributed by atoms with E-state index >= 15 is 0 Å². The summed E-state index contributed by atoms with van der Waals surface area (Å²) in [5, 5.41) is 0.682. The fourth-order valence-electron chi connectivity index (χ4n) is 3.09. The number of aromatic amines is 1. The second kappa shape index (κ2) is 7.56. The van der Waals surface area contributed by atoms with Gasteiger partial charge in [0.05, 0.1) is 16.7 Å². The Bertz CT molecular complexity index is 857. The Labute approximate surface area is 162 Å². The summed E-state index contributed by atoms with van der Waals surface area (Å²) in [5.74, 6) is 0.675. The van der Waals surface area contributed by atoms with Gasteiger partial charge >= 0.3 is 0 Å². The maximum absolute atomic E-state index is 12.7. The van der Waals surface area contributed by atoms with Crippen molar-refractivity contribution in [3.05, 3.63) is 44.3 Å². The number of halogens is 2. The van der Waals surface area contributed by atoms with E-state index in [1.807, 2.05) is 6.92 Å². The molecule has 1 aliphatic heterocycles. The number of piperidine rings is 1. The summed E-state index contributed by atoms with van der Waals surface area (Å²) >= 11 is 12.3. The molecule has 8 heteroatoms. The molecule has 0 bridgehead atoms. The number of benzene rings is 1. The Morgan fingerprint density at radius 2 is 2.04 bits per heavy atom. The van der Waals surface area contributed by atoms with Crippen LogP contribution in [0.4, 0.5) is 5.82 Å². The van der Waals surface area contributed by atoms with E-state index in [9.17, 15) is 4.79 Å². The number of nitrogens with zero attached hydrogens (tertiary/aromatic N) is 2. The summed E-state index contributed by atoms with van der Waals surface area (Å²) < 4.78 is 5.29. The van der Waals surface area contributed by atoms with Gasteiger partial charge in [-0.2, -0.15) is 0 Å². The molecule has 3 N–H and O–H groups in total. The van der Waals surface area contributed by atoms with Crippen LogP contribution in [0.5, 0.6) is 0 Å². The molecule has 1 aliphatic rings. The molecule has 6 nitrogen and oxygen atoms in total. The van der Waals surface area contributed by atoms with Crippen LogP contribution >= 0.6 is 23.2 Å². The highest BCUT2D eigenvalue weighted by molar-refractivity contribution is 6.43. The van der Waals surface area contributed by atoms with Crippen molar-refractivity contribution in [1.29, 1.82) is 0 Å². The Kier molecular flexibility index (Phi) is 5.58. The first kappa shape index (κ1) is 19.2. The normalized spacial score (nSPS) is 16.7. The number of aromatic nitrogens is 2. The number of H-pyrrole nitrogens is 1. The molecule has 26 heavy (non-hydrogen) atoms. The average molecular weight is 397 g/mol. The molecule has 140 valence electrons. The van der Waals surface area contributed by atoms with Crippen molar-refractivity contribution in [1.82, 2.24) is 9.97 Å². The monoisotopic (exact) mass is 396 g/mol. The number of hydrogen-bond donors (Lipinski definition) is 2. The highest BCUT2D eigenvalue weighted by Gasteiger charge is 2.28. The fraction of sp³-hybridized carbons (Fsp3) is 0.444. The lowest BCUT2D eigenvalue weighted by Gasteiger charge is -2.38. The molecule has 0 saturated carbocycles. The first-order valence-corrected chi connectivity index (χ1v) is 9.18. The van der Waals surface area contributed by atoms with E-state index in [0.717, 1.165) is 25.9 Å². The Hall–Kier alpha value is -1.60. The number of nitrogens with two attached hydrogens (primary N) is 1. The second-order valence-corrected chi connectivity index (χ2v) is 7.67. The lowest BCUT2D eigenvalue weighted by atomic mass is 9.91. The van der Waals surface area contributed by atoms with Crippen LogP contribution in [-0.4, -0.2) is 35.7 Å². The first-order valence-electron chi connectivity index (χ1n) is 8.43. The van der Waals surface area contributed by atoms with Crippen molar-refractivity contribution in [3.8, 4) is 11.3 Å². The summed E-state index contributed by atoms with van der Waals surface area (Å²) in [7, 11) is 1.59. The molecule has 1 saturated heterocycles. The second-order valence-electron chi connectivity index (χ2n) is 6.89. The summed E-state index contributed by atoms with van der Waals surface area (Å²) in [6.07, 6.45) is 1.67. The van der Waals surface area contributed by atoms with Crippen LogP contribution in [0.3, 0.4) is 0 Å². The van der Waals surface area contributed by atoms with Crippen molar-refractivity contribution >= 4 is 29.0 Å².